The highest BCUT2D eigenvalue weighted by Gasteiger charge is 2.17. The number of nitriles is 1. The van der Waals surface area contributed by atoms with Gasteiger partial charge in [0.15, 0.2) is 0 Å². The molecule has 0 bridgehead atoms. The van der Waals surface area contributed by atoms with E-state index in [9.17, 15) is 8.42 Å². The number of nitrogens with zero attached hydrogens (tertiary/aromatic N) is 2. The number of aromatic nitrogens is 2. The van der Waals surface area contributed by atoms with Gasteiger partial charge in [-0.3, -0.25) is 0 Å². The van der Waals surface area contributed by atoms with Crippen LogP contribution in [0.2, 0.25) is 0 Å². The molecule has 1 aromatic heterocycles. The molecule has 98 valence electrons. The molecule has 0 spiro atoms. The van der Waals surface area contributed by atoms with Crippen molar-refractivity contribution >= 4 is 10.0 Å². The maximum atomic E-state index is 12.2. The minimum Gasteiger partial charge on any atom is -0.347 e. The lowest BCUT2D eigenvalue weighted by Crippen LogP contribution is -2.24. The van der Waals surface area contributed by atoms with Crippen molar-refractivity contribution < 1.29 is 8.42 Å². The molecular weight excluding hydrogens is 264 g/mol. The van der Waals surface area contributed by atoms with Crippen molar-refractivity contribution in [2.75, 3.05) is 0 Å². The van der Waals surface area contributed by atoms with E-state index in [1.807, 2.05) is 6.07 Å². The number of sulfonamides is 1. The first-order valence-electron chi connectivity index (χ1n) is 5.51. The average molecular weight is 276 g/mol. The maximum Gasteiger partial charge on any atom is 0.241 e. The molecule has 6 nitrogen and oxygen atoms in total. The Morgan fingerprint density at radius 2 is 2.26 bits per heavy atom. The quantitative estimate of drug-likeness (QED) is 0.872. The van der Waals surface area contributed by atoms with E-state index in [0.29, 0.717) is 17.0 Å². The summed E-state index contributed by atoms with van der Waals surface area (Å²) in [7, 11) is -3.66. The molecule has 0 amide bonds. The molecule has 2 rings (SSSR count). The molecule has 1 aromatic carbocycles. The number of rotatable bonds is 4. The van der Waals surface area contributed by atoms with Crippen LogP contribution in [0.1, 0.15) is 17.0 Å². The van der Waals surface area contributed by atoms with Gasteiger partial charge in [-0.05, 0) is 24.6 Å². The van der Waals surface area contributed by atoms with Crippen LogP contribution in [0.3, 0.4) is 0 Å². The zero-order chi connectivity index (χ0) is 13.9. The van der Waals surface area contributed by atoms with E-state index in [1.165, 1.54) is 6.07 Å². The third-order valence-electron chi connectivity index (χ3n) is 2.59. The van der Waals surface area contributed by atoms with Crippen LogP contribution in [0, 0.1) is 18.3 Å². The van der Waals surface area contributed by atoms with Crippen molar-refractivity contribution in [3.8, 4) is 6.07 Å². The number of hydrogen-bond acceptors (Lipinski definition) is 4. The molecule has 0 aliphatic heterocycles. The van der Waals surface area contributed by atoms with Gasteiger partial charge in [-0.2, -0.15) is 5.26 Å². The van der Waals surface area contributed by atoms with Gasteiger partial charge in [0.2, 0.25) is 10.0 Å². The van der Waals surface area contributed by atoms with Gasteiger partial charge in [-0.25, -0.2) is 18.1 Å². The maximum absolute atomic E-state index is 12.2. The second kappa shape index (κ2) is 5.22. The van der Waals surface area contributed by atoms with Crippen molar-refractivity contribution in [1.82, 2.24) is 14.7 Å². The number of nitrogens with one attached hydrogen (secondary N) is 2. The average Bonchev–Trinajstić information content (AvgIpc) is 2.90. The van der Waals surface area contributed by atoms with Gasteiger partial charge in [0, 0.05) is 12.4 Å². The predicted molar refractivity (Wildman–Crippen MR) is 68.5 cm³/mol. The normalized spacial score (nSPS) is 11.2. The molecule has 2 aromatic rings. The van der Waals surface area contributed by atoms with E-state index in [0.717, 1.165) is 0 Å². The summed E-state index contributed by atoms with van der Waals surface area (Å²) in [4.78, 5) is 6.85. The Kier molecular flexibility index (Phi) is 3.64. The molecule has 0 aliphatic rings. The Hall–Kier alpha value is -2.17. The molecular formula is C12H12N4O2S. The van der Waals surface area contributed by atoms with E-state index in [-0.39, 0.29) is 11.4 Å². The molecule has 7 heteroatoms. The summed E-state index contributed by atoms with van der Waals surface area (Å²) in [5, 5.41) is 8.82. The lowest BCUT2D eigenvalue weighted by molar-refractivity contribution is 0.579. The number of benzene rings is 1. The highest BCUT2D eigenvalue weighted by Crippen LogP contribution is 2.16. The molecule has 0 saturated heterocycles. The summed E-state index contributed by atoms with van der Waals surface area (Å²) in [6, 6.07) is 6.48. The molecule has 1 heterocycles. The van der Waals surface area contributed by atoms with Crippen LogP contribution >= 0.6 is 0 Å². The van der Waals surface area contributed by atoms with E-state index in [4.69, 9.17) is 5.26 Å². The molecule has 0 fully saturated rings. The lowest BCUT2D eigenvalue weighted by atomic mass is 10.2. The third kappa shape index (κ3) is 2.99. The Bertz CT molecular complexity index is 715. The zero-order valence-electron chi connectivity index (χ0n) is 10.2. The number of H-pyrrole nitrogens is 1. The summed E-state index contributed by atoms with van der Waals surface area (Å²) in [6.07, 6.45) is 3.16. The Morgan fingerprint density at radius 3 is 2.89 bits per heavy atom. The van der Waals surface area contributed by atoms with Crippen LogP contribution in [0.25, 0.3) is 0 Å². The monoisotopic (exact) mass is 276 g/mol. The van der Waals surface area contributed by atoms with Gasteiger partial charge in [-0.15, -0.1) is 0 Å². The van der Waals surface area contributed by atoms with Crippen LogP contribution in [0.15, 0.2) is 35.5 Å². The van der Waals surface area contributed by atoms with Crippen LogP contribution in [0.5, 0.6) is 0 Å². The summed E-state index contributed by atoms with van der Waals surface area (Å²) in [5.41, 5.74) is 0.898. The topological polar surface area (TPSA) is 98.6 Å². The van der Waals surface area contributed by atoms with Crippen LogP contribution in [-0.4, -0.2) is 18.4 Å². The number of aromatic amines is 1. The second-order valence-electron chi connectivity index (χ2n) is 3.95. The molecule has 19 heavy (non-hydrogen) atoms. The highest BCUT2D eigenvalue weighted by molar-refractivity contribution is 7.89. The molecule has 0 saturated carbocycles. The van der Waals surface area contributed by atoms with Crippen molar-refractivity contribution in [2.24, 2.45) is 0 Å². The standard InChI is InChI=1S/C12H12N4O2S/c1-9-2-3-10(7-13)6-11(9)19(17,18)16-8-12-14-4-5-15-12/h2-6,16H,8H2,1H3,(H,14,15). The number of aryl methyl sites for hydroxylation is 1. The second-order valence-corrected chi connectivity index (χ2v) is 5.69. The van der Waals surface area contributed by atoms with Crippen LogP contribution in [-0.2, 0) is 16.6 Å². The van der Waals surface area contributed by atoms with E-state index in [1.54, 1.807) is 31.5 Å². The lowest BCUT2D eigenvalue weighted by Gasteiger charge is -2.08. The fraction of sp³-hybridized carbons (Fsp3) is 0.167. The van der Waals surface area contributed by atoms with Crippen LogP contribution in [0.4, 0.5) is 0 Å². The summed E-state index contributed by atoms with van der Waals surface area (Å²) in [6.45, 7) is 1.76. The van der Waals surface area contributed by atoms with E-state index >= 15 is 0 Å². The fourth-order valence-electron chi connectivity index (χ4n) is 1.59. The van der Waals surface area contributed by atoms with Crippen molar-refractivity contribution in [2.45, 2.75) is 18.4 Å². The van der Waals surface area contributed by atoms with Gasteiger partial charge in [-0.1, -0.05) is 6.07 Å². The van der Waals surface area contributed by atoms with E-state index < -0.39 is 10.0 Å². The van der Waals surface area contributed by atoms with Gasteiger partial charge in [0.05, 0.1) is 23.1 Å². The predicted octanol–water partition coefficient (Wildman–Crippen LogP) is 1.07. The first-order chi connectivity index (χ1) is 9.03. The first-order valence-corrected chi connectivity index (χ1v) is 7.00. The fourth-order valence-corrected chi connectivity index (χ4v) is 2.85. The summed E-state index contributed by atoms with van der Waals surface area (Å²) in [5.74, 6) is 0.526. The van der Waals surface area contributed by atoms with Crippen LogP contribution < -0.4 is 4.72 Å². The number of imidazole rings is 1. The first kappa shape index (κ1) is 13.3. The largest absolute Gasteiger partial charge is 0.347 e. The smallest absolute Gasteiger partial charge is 0.241 e. The van der Waals surface area contributed by atoms with Gasteiger partial charge >= 0.3 is 0 Å². The number of hydrogen-bond donors (Lipinski definition) is 2. The SMILES string of the molecule is Cc1ccc(C#N)cc1S(=O)(=O)NCc1ncc[nH]1. The highest BCUT2D eigenvalue weighted by atomic mass is 32.2. The van der Waals surface area contributed by atoms with Crippen molar-refractivity contribution in [3.05, 3.63) is 47.5 Å². The molecule has 2 N–H and O–H groups in total. The Morgan fingerprint density at radius 1 is 1.47 bits per heavy atom. The minimum absolute atomic E-state index is 0.0750. The summed E-state index contributed by atoms with van der Waals surface area (Å²) < 4.78 is 26.7. The molecule has 0 aliphatic carbocycles. The van der Waals surface area contributed by atoms with Crippen molar-refractivity contribution in [3.63, 3.8) is 0 Å². The third-order valence-corrected chi connectivity index (χ3v) is 4.13. The van der Waals surface area contributed by atoms with E-state index in [2.05, 4.69) is 14.7 Å². The van der Waals surface area contributed by atoms with Gasteiger partial charge in [0.1, 0.15) is 5.82 Å². The molecule has 0 atom stereocenters. The van der Waals surface area contributed by atoms with Gasteiger partial charge < -0.3 is 4.98 Å². The minimum atomic E-state index is -3.66. The Balaban J connectivity index is 2.27. The molecule has 0 unspecified atom stereocenters. The van der Waals surface area contributed by atoms with Gasteiger partial charge in [0.25, 0.3) is 0 Å². The zero-order valence-corrected chi connectivity index (χ0v) is 11.0. The Labute approximate surface area is 111 Å². The summed E-state index contributed by atoms with van der Waals surface area (Å²) >= 11 is 0. The van der Waals surface area contributed by atoms with Crippen molar-refractivity contribution in [1.29, 1.82) is 5.26 Å². The molecule has 0 radical (unpaired) electrons.